The first kappa shape index (κ1) is 22.4. The van der Waals surface area contributed by atoms with Crippen molar-refractivity contribution in [1.29, 1.82) is 0 Å². The van der Waals surface area contributed by atoms with Gasteiger partial charge in [-0.15, -0.1) is 10.2 Å². The van der Waals surface area contributed by atoms with E-state index in [2.05, 4.69) is 52.5 Å². The van der Waals surface area contributed by atoms with Gasteiger partial charge >= 0.3 is 6.03 Å². The molecule has 1 aliphatic heterocycles. The molecule has 3 aromatic rings. The quantitative estimate of drug-likeness (QED) is 0.634. The first-order chi connectivity index (χ1) is 16.0. The van der Waals surface area contributed by atoms with Crippen LogP contribution in [-0.2, 0) is 0 Å². The number of urea groups is 1. The minimum absolute atomic E-state index is 0.169. The molecule has 1 aromatic heterocycles. The molecule has 0 aliphatic carbocycles. The van der Waals surface area contributed by atoms with Gasteiger partial charge in [0.15, 0.2) is 5.82 Å². The van der Waals surface area contributed by atoms with Crippen molar-refractivity contribution in [2.24, 2.45) is 0 Å². The summed E-state index contributed by atoms with van der Waals surface area (Å²) < 4.78 is 10.6. The molecule has 172 valence electrons. The van der Waals surface area contributed by atoms with Crippen molar-refractivity contribution in [3.8, 4) is 22.8 Å². The Balaban J connectivity index is 1.37. The number of anilines is 2. The van der Waals surface area contributed by atoms with E-state index in [-0.39, 0.29) is 6.03 Å². The molecule has 0 saturated carbocycles. The second kappa shape index (κ2) is 9.77. The molecule has 1 aliphatic rings. The average molecular weight is 448 g/mol. The number of carbonyl (C=O) groups excluding carboxylic acids is 1. The van der Waals surface area contributed by atoms with E-state index in [1.54, 1.807) is 37.3 Å². The van der Waals surface area contributed by atoms with Gasteiger partial charge in [0.25, 0.3) is 0 Å². The third-order valence-corrected chi connectivity index (χ3v) is 5.99. The fourth-order valence-electron chi connectivity index (χ4n) is 3.79. The Hall–Kier alpha value is -3.81. The van der Waals surface area contributed by atoms with Crippen LogP contribution in [0.5, 0.6) is 11.5 Å². The number of carbonyl (C=O) groups is 1. The molecule has 0 unspecified atom stereocenters. The van der Waals surface area contributed by atoms with E-state index in [1.807, 2.05) is 12.1 Å². The van der Waals surface area contributed by atoms with Crippen molar-refractivity contribution in [3.05, 3.63) is 59.7 Å². The molecule has 0 spiro atoms. The maximum atomic E-state index is 12.8. The maximum Gasteiger partial charge on any atom is 0.322 e. The second-order valence-electron chi connectivity index (χ2n) is 8.05. The standard InChI is InChI=1S/C25H29N5O3/c1-17-5-6-19(15-18(17)2)21-8-10-24(28-27-21)29-11-13-30(14-12-29)25(31)26-22-16-20(32-3)7-9-23(22)33-4/h5-10,15-16H,11-14H2,1-4H3,(H,26,31). The summed E-state index contributed by atoms with van der Waals surface area (Å²) in [6.07, 6.45) is 0. The molecule has 2 heterocycles. The Kier molecular flexibility index (Phi) is 6.63. The minimum atomic E-state index is -0.169. The van der Waals surface area contributed by atoms with Gasteiger partial charge in [-0.2, -0.15) is 0 Å². The van der Waals surface area contributed by atoms with E-state index in [4.69, 9.17) is 9.47 Å². The Morgan fingerprint density at radius 1 is 0.879 bits per heavy atom. The molecule has 0 bridgehead atoms. The van der Waals surface area contributed by atoms with Crippen LogP contribution in [0.3, 0.4) is 0 Å². The Morgan fingerprint density at radius 2 is 1.67 bits per heavy atom. The highest BCUT2D eigenvalue weighted by atomic mass is 16.5. The Morgan fingerprint density at radius 3 is 2.30 bits per heavy atom. The number of nitrogens with one attached hydrogen (secondary N) is 1. The van der Waals surface area contributed by atoms with Crippen LogP contribution in [0, 0.1) is 13.8 Å². The number of amides is 2. The maximum absolute atomic E-state index is 12.8. The fourth-order valence-corrected chi connectivity index (χ4v) is 3.79. The molecule has 0 atom stereocenters. The van der Waals surface area contributed by atoms with Gasteiger partial charge in [0.05, 0.1) is 25.6 Å². The fraction of sp³-hybridized carbons (Fsp3) is 0.320. The number of hydrogen-bond acceptors (Lipinski definition) is 6. The number of hydrogen-bond donors (Lipinski definition) is 1. The van der Waals surface area contributed by atoms with Crippen LogP contribution >= 0.6 is 0 Å². The average Bonchev–Trinajstić information content (AvgIpc) is 2.86. The van der Waals surface area contributed by atoms with E-state index in [0.717, 1.165) is 17.1 Å². The molecule has 8 nitrogen and oxygen atoms in total. The molecule has 1 N–H and O–H groups in total. The van der Waals surface area contributed by atoms with Crippen LogP contribution in [0.1, 0.15) is 11.1 Å². The lowest BCUT2D eigenvalue weighted by Crippen LogP contribution is -2.50. The predicted molar refractivity (Wildman–Crippen MR) is 129 cm³/mol. The number of methoxy groups -OCH3 is 2. The number of aromatic nitrogens is 2. The van der Waals surface area contributed by atoms with Crippen molar-refractivity contribution >= 4 is 17.5 Å². The first-order valence-corrected chi connectivity index (χ1v) is 10.9. The number of benzene rings is 2. The molecule has 1 fully saturated rings. The number of ether oxygens (including phenoxy) is 2. The summed E-state index contributed by atoms with van der Waals surface area (Å²) in [5.41, 5.74) is 4.99. The molecule has 33 heavy (non-hydrogen) atoms. The summed E-state index contributed by atoms with van der Waals surface area (Å²) in [5, 5.41) is 11.8. The van der Waals surface area contributed by atoms with Gasteiger partial charge in [0, 0.05) is 37.8 Å². The van der Waals surface area contributed by atoms with Gasteiger partial charge in [0.1, 0.15) is 11.5 Å². The molecule has 2 amide bonds. The predicted octanol–water partition coefficient (Wildman–Crippen LogP) is 4.13. The number of nitrogens with zero attached hydrogens (tertiary/aromatic N) is 4. The van der Waals surface area contributed by atoms with Gasteiger partial charge in [-0.1, -0.05) is 12.1 Å². The van der Waals surface area contributed by atoms with E-state index in [0.29, 0.717) is 43.4 Å². The third-order valence-electron chi connectivity index (χ3n) is 5.99. The number of aryl methyl sites for hydroxylation is 2. The lowest BCUT2D eigenvalue weighted by Gasteiger charge is -2.35. The Bertz CT molecular complexity index is 1130. The van der Waals surface area contributed by atoms with Gasteiger partial charge < -0.3 is 24.6 Å². The Labute approximate surface area is 194 Å². The zero-order valence-electron chi connectivity index (χ0n) is 19.5. The van der Waals surface area contributed by atoms with Crippen LogP contribution in [0.15, 0.2) is 48.5 Å². The summed E-state index contributed by atoms with van der Waals surface area (Å²) in [4.78, 5) is 16.7. The molecule has 4 rings (SSSR count). The highest BCUT2D eigenvalue weighted by molar-refractivity contribution is 5.91. The largest absolute Gasteiger partial charge is 0.497 e. The number of piperazine rings is 1. The van der Waals surface area contributed by atoms with Crippen molar-refractivity contribution in [3.63, 3.8) is 0 Å². The van der Waals surface area contributed by atoms with E-state index >= 15 is 0 Å². The van der Waals surface area contributed by atoms with Crippen molar-refractivity contribution in [1.82, 2.24) is 15.1 Å². The highest BCUT2D eigenvalue weighted by Crippen LogP contribution is 2.29. The van der Waals surface area contributed by atoms with Gasteiger partial charge in [0.2, 0.25) is 0 Å². The molecule has 1 saturated heterocycles. The highest BCUT2D eigenvalue weighted by Gasteiger charge is 2.23. The molecular weight excluding hydrogens is 418 g/mol. The molecule has 2 aromatic carbocycles. The monoisotopic (exact) mass is 447 g/mol. The lowest BCUT2D eigenvalue weighted by atomic mass is 10.0. The van der Waals surface area contributed by atoms with Crippen LogP contribution in [0.25, 0.3) is 11.3 Å². The number of rotatable bonds is 5. The van der Waals surface area contributed by atoms with Crippen molar-refractivity contribution in [2.75, 3.05) is 50.6 Å². The summed E-state index contributed by atoms with van der Waals surface area (Å²) in [5.74, 6) is 2.05. The second-order valence-corrected chi connectivity index (χ2v) is 8.05. The summed E-state index contributed by atoms with van der Waals surface area (Å²) >= 11 is 0. The zero-order chi connectivity index (χ0) is 23.4. The third kappa shape index (κ3) is 5.00. The van der Waals surface area contributed by atoms with Gasteiger partial charge in [-0.05, 0) is 55.3 Å². The van der Waals surface area contributed by atoms with Gasteiger partial charge in [-0.3, -0.25) is 0 Å². The van der Waals surface area contributed by atoms with Crippen molar-refractivity contribution in [2.45, 2.75) is 13.8 Å². The van der Waals surface area contributed by atoms with Crippen LogP contribution in [0.2, 0.25) is 0 Å². The van der Waals surface area contributed by atoms with Crippen molar-refractivity contribution < 1.29 is 14.3 Å². The smallest absolute Gasteiger partial charge is 0.322 e. The van der Waals surface area contributed by atoms with Crippen LogP contribution < -0.4 is 19.7 Å². The summed E-state index contributed by atoms with van der Waals surface area (Å²) in [6.45, 7) is 6.72. The lowest BCUT2D eigenvalue weighted by molar-refractivity contribution is 0.208. The van der Waals surface area contributed by atoms with Crippen LogP contribution in [-0.4, -0.2) is 61.5 Å². The minimum Gasteiger partial charge on any atom is -0.497 e. The molecule has 0 radical (unpaired) electrons. The summed E-state index contributed by atoms with van der Waals surface area (Å²) in [6, 6.07) is 15.4. The zero-order valence-corrected chi connectivity index (χ0v) is 19.5. The molecular formula is C25H29N5O3. The summed E-state index contributed by atoms with van der Waals surface area (Å²) in [7, 11) is 3.16. The normalized spacial score (nSPS) is 13.6. The van der Waals surface area contributed by atoms with Crippen LogP contribution in [0.4, 0.5) is 16.3 Å². The topological polar surface area (TPSA) is 79.8 Å². The van der Waals surface area contributed by atoms with E-state index in [9.17, 15) is 4.79 Å². The SMILES string of the molecule is COc1ccc(OC)c(NC(=O)N2CCN(c3ccc(-c4ccc(C)c(C)c4)nn3)CC2)c1. The van der Waals surface area contributed by atoms with E-state index in [1.165, 1.54) is 11.1 Å². The van der Waals surface area contributed by atoms with E-state index < -0.39 is 0 Å². The molecule has 8 heteroatoms. The van der Waals surface area contributed by atoms with Gasteiger partial charge in [-0.25, -0.2) is 4.79 Å². The first-order valence-electron chi connectivity index (χ1n) is 10.9.